The molecular formula is C14H21N3O. The number of ether oxygens (including phenoxy) is 1. The van der Waals surface area contributed by atoms with Gasteiger partial charge in [-0.15, -0.1) is 0 Å². The molecule has 4 heteroatoms. The normalized spacial score (nSPS) is 15.6. The summed E-state index contributed by atoms with van der Waals surface area (Å²) in [6, 6.07) is 6.81. The highest BCUT2D eigenvalue weighted by molar-refractivity contribution is 5.78. The number of nitrogens with zero attached hydrogens (tertiary/aromatic N) is 1. The van der Waals surface area contributed by atoms with Gasteiger partial charge in [0.2, 0.25) is 0 Å². The van der Waals surface area contributed by atoms with Crippen molar-refractivity contribution in [3.8, 4) is 5.75 Å². The third kappa shape index (κ3) is 3.65. The van der Waals surface area contributed by atoms with Crippen LogP contribution in [-0.2, 0) is 6.42 Å². The highest BCUT2D eigenvalue weighted by atomic mass is 16.5. The van der Waals surface area contributed by atoms with Crippen LogP contribution in [0.15, 0.2) is 23.2 Å². The maximum atomic E-state index is 5.77. The lowest BCUT2D eigenvalue weighted by Gasteiger charge is -2.07. The zero-order chi connectivity index (χ0) is 13.0. The first-order valence-corrected chi connectivity index (χ1v) is 6.39. The highest BCUT2D eigenvalue weighted by Gasteiger charge is 2.21. The average Bonchev–Trinajstić information content (AvgIpc) is 3.15. The number of hydrogen-bond acceptors (Lipinski definition) is 2. The molecule has 1 aromatic rings. The van der Waals surface area contributed by atoms with E-state index in [1.54, 1.807) is 7.11 Å². The first-order valence-electron chi connectivity index (χ1n) is 6.39. The Kier molecular flexibility index (Phi) is 4.07. The van der Waals surface area contributed by atoms with E-state index in [2.05, 4.69) is 28.5 Å². The van der Waals surface area contributed by atoms with E-state index in [9.17, 15) is 0 Å². The molecule has 0 unspecified atom stereocenters. The number of guanidine groups is 1. The second-order valence-electron chi connectivity index (χ2n) is 4.74. The van der Waals surface area contributed by atoms with Crippen LogP contribution in [0.4, 0.5) is 0 Å². The van der Waals surface area contributed by atoms with Gasteiger partial charge in [0.15, 0.2) is 5.96 Å². The van der Waals surface area contributed by atoms with Crippen molar-refractivity contribution in [3.05, 3.63) is 29.3 Å². The Morgan fingerprint density at radius 2 is 2.28 bits per heavy atom. The summed E-state index contributed by atoms with van der Waals surface area (Å²) in [4.78, 5) is 4.32. The van der Waals surface area contributed by atoms with Crippen LogP contribution in [-0.4, -0.2) is 25.7 Å². The van der Waals surface area contributed by atoms with Crippen LogP contribution < -0.4 is 15.8 Å². The van der Waals surface area contributed by atoms with Crippen molar-refractivity contribution in [1.29, 1.82) is 0 Å². The highest BCUT2D eigenvalue weighted by Crippen LogP contribution is 2.19. The van der Waals surface area contributed by atoms with Crippen molar-refractivity contribution >= 4 is 5.96 Å². The SMILES string of the molecule is COc1cc(CCN=C(N)NC2CC2)ccc1C. The van der Waals surface area contributed by atoms with Crippen LogP contribution in [0.5, 0.6) is 5.75 Å². The first kappa shape index (κ1) is 12.7. The minimum absolute atomic E-state index is 0.563. The van der Waals surface area contributed by atoms with Crippen molar-refractivity contribution in [2.24, 2.45) is 10.7 Å². The number of benzene rings is 1. The Balaban J connectivity index is 1.85. The molecule has 0 radical (unpaired) electrons. The minimum atomic E-state index is 0.563. The summed E-state index contributed by atoms with van der Waals surface area (Å²) < 4.78 is 5.30. The van der Waals surface area contributed by atoms with Gasteiger partial charge >= 0.3 is 0 Å². The topological polar surface area (TPSA) is 59.6 Å². The van der Waals surface area contributed by atoms with E-state index in [-0.39, 0.29) is 0 Å². The molecule has 2 rings (SSSR count). The lowest BCUT2D eigenvalue weighted by molar-refractivity contribution is 0.411. The molecular weight excluding hydrogens is 226 g/mol. The summed E-state index contributed by atoms with van der Waals surface area (Å²) in [6.07, 6.45) is 3.31. The minimum Gasteiger partial charge on any atom is -0.496 e. The smallest absolute Gasteiger partial charge is 0.188 e. The van der Waals surface area contributed by atoms with Crippen LogP contribution in [0.3, 0.4) is 0 Å². The lowest BCUT2D eigenvalue weighted by atomic mass is 10.1. The van der Waals surface area contributed by atoms with Crippen molar-refractivity contribution in [2.75, 3.05) is 13.7 Å². The zero-order valence-electron chi connectivity index (χ0n) is 11.1. The molecule has 0 amide bonds. The number of aryl methyl sites for hydroxylation is 1. The van der Waals surface area contributed by atoms with Gasteiger partial charge in [-0.25, -0.2) is 0 Å². The third-order valence-electron chi connectivity index (χ3n) is 3.08. The molecule has 0 bridgehead atoms. The Morgan fingerprint density at radius 3 is 2.94 bits per heavy atom. The molecule has 1 saturated carbocycles. The van der Waals surface area contributed by atoms with Gasteiger partial charge in [-0.3, -0.25) is 4.99 Å². The van der Waals surface area contributed by atoms with Gasteiger partial charge in [0.25, 0.3) is 0 Å². The van der Waals surface area contributed by atoms with Crippen LogP contribution in [0.1, 0.15) is 24.0 Å². The summed E-state index contributed by atoms with van der Waals surface area (Å²) in [6.45, 7) is 2.75. The van der Waals surface area contributed by atoms with E-state index in [1.165, 1.54) is 18.4 Å². The van der Waals surface area contributed by atoms with E-state index in [0.717, 1.165) is 17.7 Å². The van der Waals surface area contributed by atoms with Crippen molar-refractivity contribution < 1.29 is 4.74 Å². The van der Waals surface area contributed by atoms with Gasteiger partial charge < -0.3 is 15.8 Å². The second-order valence-corrected chi connectivity index (χ2v) is 4.74. The average molecular weight is 247 g/mol. The van der Waals surface area contributed by atoms with Crippen LogP contribution in [0.25, 0.3) is 0 Å². The predicted octanol–water partition coefficient (Wildman–Crippen LogP) is 1.61. The van der Waals surface area contributed by atoms with Crippen LogP contribution in [0, 0.1) is 6.92 Å². The maximum absolute atomic E-state index is 5.77. The van der Waals surface area contributed by atoms with Gasteiger partial charge in [-0.05, 0) is 43.4 Å². The standard InChI is InChI=1S/C14H21N3O/c1-10-3-4-11(9-13(10)18-2)7-8-16-14(15)17-12-5-6-12/h3-4,9,12H,5-8H2,1-2H3,(H3,15,16,17). The molecule has 98 valence electrons. The summed E-state index contributed by atoms with van der Waals surface area (Å²) in [7, 11) is 1.70. The molecule has 1 aromatic carbocycles. The van der Waals surface area contributed by atoms with Crippen molar-refractivity contribution in [3.63, 3.8) is 0 Å². The van der Waals surface area contributed by atoms with Gasteiger partial charge in [-0.1, -0.05) is 12.1 Å². The molecule has 3 N–H and O–H groups in total. The fraction of sp³-hybridized carbons (Fsp3) is 0.500. The molecule has 18 heavy (non-hydrogen) atoms. The molecule has 0 spiro atoms. The van der Waals surface area contributed by atoms with Crippen LogP contribution in [0.2, 0.25) is 0 Å². The lowest BCUT2D eigenvalue weighted by Crippen LogP contribution is -2.33. The largest absolute Gasteiger partial charge is 0.496 e. The number of methoxy groups -OCH3 is 1. The van der Waals surface area contributed by atoms with E-state index in [0.29, 0.717) is 18.5 Å². The van der Waals surface area contributed by atoms with Crippen LogP contribution >= 0.6 is 0 Å². The maximum Gasteiger partial charge on any atom is 0.188 e. The molecule has 1 aliphatic carbocycles. The molecule has 4 nitrogen and oxygen atoms in total. The number of nitrogens with two attached hydrogens (primary N) is 1. The molecule has 0 aliphatic heterocycles. The van der Waals surface area contributed by atoms with Crippen molar-refractivity contribution in [2.45, 2.75) is 32.2 Å². The number of nitrogens with one attached hydrogen (secondary N) is 1. The number of hydrogen-bond donors (Lipinski definition) is 2. The molecule has 0 aromatic heterocycles. The number of rotatable bonds is 5. The Morgan fingerprint density at radius 1 is 1.50 bits per heavy atom. The Hall–Kier alpha value is -1.71. The van der Waals surface area contributed by atoms with Gasteiger partial charge in [-0.2, -0.15) is 0 Å². The number of aliphatic imine (C=N–C) groups is 1. The fourth-order valence-electron chi connectivity index (χ4n) is 1.81. The fourth-order valence-corrected chi connectivity index (χ4v) is 1.81. The molecule has 0 saturated heterocycles. The quantitative estimate of drug-likeness (QED) is 0.614. The summed E-state index contributed by atoms with van der Waals surface area (Å²) in [5, 5.41) is 3.17. The van der Waals surface area contributed by atoms with Gasteiger partial charge in [0.05, 0.1) is 7.11 Å². The summed E-state index contributed by atoms with van der Waals surface area (Å²) in [5.41, 5.74) is 8.15. The summed E-state index contributed by atoms with van der Waals surface area (Å²) in [5.74, 6) is 1.50. The summed E-state index contributed by atoms with van der Waals surface area (Å²) >= 11 is 0. The van der Waals surface area contributed by atoms with Gasteiger partial charge in [0.1, 0.15) is 5.75 Å². The Labute approximate surface area is 108 Å². The Bertz CT molecular complexity index is 439. The van der Waals surface area contributed by atoms with E-state index < -0.39 is 0 Å². The zero-order valence-corrected chi connectivity index (χ0v) is 11.1. The third-order valence-corrected chi connectivity index (χ3v) is 3.08. The van der Waals surface area contributed by atoms with E-state index >= 15 is 0 Å². The molecule has 0 atom stereocenters. The predicted molar refractivity (Wildman–Crippen MR) is 74.1 cm³/mol. The van der Waals surface area contributed by atoms with Crippen molar-refractivity contribution in [1.82, 2.24) is 5.32 Å². The molecule has 1 fully saturated rings. The first-order chi connectivity index (χ1) is 8.69. The monoisotopic (exact) mass is 247 g/mol. The second kappa shape index (κ2) is 5.76. The molecule has 0 heterocycles. The molecule has 1 aliphatic rings. The van der Waals surface area contributed by atoms with Gasteiger partial charge in [0, 0.05) is 12.6 Å². The van der Waals surface area contributed by atoms with E-state index in [1.807, 2.05) is 6.92 Å². The van der Waals surface area contributed by atoms with E-state index in [4.69, 9.17) is 10.5 Å².